The molecule has 0 radical (unpaired) electrons. The summed E-state index contributed by atoms with van der Waals surface area (Å²) in [4.78, 5) is 12.3. The molecule has 3 N–H and O–H groups in total. The maximum Gasteiger partial charge on any atom is 0.433 e. The van der Waals surface area contributed by atoms with E-state index >= 15 is 0 Å². The highest BCUT2D eigenvalue weighted by Gasteiger charge is 2.34. The molecule has 1 fully saturated rings. The van der Waals surface area contributed by atoms with E-state index in [1.165, 1.54) is 4.68 Å². The first-order valence-electron chi connectivity index (χ1n) is 10.1. The SMILES string of the molecule is N[C@H](c1cccc(-c2ccc3cnn(-c4nccc(C(F)(F)F)n4)c3c2)n1)C1CC(O)C1. The van der Waals surface area contributed by atoms with Gasteiger partial charge in [0.15, 0.2) is 0 Å². The molecule has 3 aromatic heterocycles. The summed E-state index contributed by atoms with van der Waals surface area (Å²) in [7, 11) is 0. The van der Waals surface area contributed by atoms with Crippen molar-refractivity contribution in [1.29, 1.82) is 0 Å². The molecule has 7 nitrogen and oxygen atoms in total. The number of nitrogens with zero attached hydrogens (tertiary/aromatic N) is 5. The number of nitrogens with two attached hydrogens (primary N) is 1. The Morgan fingerprint density at radius 3 is 2.66 bits per heavy atom. The fourth-order valence-electron chi connectivity index (χ4n) is 3.91. The van der Waals surface area contributed by atoms with Crippen molar-refractivity contribution in [2.75, 3.05) is 0 Å². The summed E-state index contributed by atoms with van der Waals surface area (Å²) >= 11 is 0. The molecule has 1 saturated carbocycles. The van der Waals surface area contributed by atoms with Gasteiger partial charge in [-0.25, -0.2) is 9.97 Å². The summed E-state index contributed by atoms with van der Waals surface area (Å²) in [6.07, 6.45) is -0.943. The maximum atomic E-state index is 13.1. The highest BCUT2D eigenvalue weighted by Crippen LogP contribution is 2.36. The van der Waals surface area contributed by atoms with Gasteiger partial charge >= 0.3 is 6.18 Å². The van der Waals surface area contributed by atoms with Gasteiger partial charge < -0.3 is 10.8 Å². The number of aliphatic hydroxyl groups is 1. The zero-order valence-corrected chi connectivity index (χ0v) is 16.7. The minimum absolute atomic E-state index is 0.167. The van der Waals surface area contributed by atoms with Crippen LogP contribution in [-0.4, -0.2) is 35.9 Å². The van der Waals surface area contributed by atoms with Crippen LogP contribution in [0.3, 0.4) is 0 Å². The number of benzene rings is 1. The Kier molecular flexibility index (Phi) is 4.90. The van der Waals surface area contributed by atoms with Crippen LogP contribution in [0.4, 0.5) is 13.2 Å². The lowest BCUT2D eigenvalue weighted by Gasteiger charge is -2.35. The molecular formula is C22H19F3N6O. The number of hydrogen-bond acceptors (Lipinski definition) is 6. The van der Waals surface area contributed by atoms with Gasteiger partial charge in [-0.3, -0.25) is 4.98 Å². The number of fused-ring (bicyclic) bond motifs is 1. The van der Waals surface area contributed by atoms with Gasteiger partial charge in [0.25, 0.3) is 5.95 Å². The molecule has 0 unspecified atom stereocenters. The Morgan fingerprint density at radius 2 is 1.91 bits per heavy atom. The van der Waals surface area contributed by atoms with Gasteiger partial charge in [0.1, 0.15) is 5.69 Å². The molecule has 32 heavy (non-hydrogen) atoms. The van der Waals surface area contributed by atoms with E-state index in [0.29, 0.717) is 24.1 Å². The third kappa shape index (κ3) is 3.71. The van der Waals surface area contributed by atoms with Crippen molar-refractivity contribution in [2.45, 2.75) is 31.2 Å². The van der Waals surface area contributed by atoms with Crippen LogP contribution in [0.25, 0.3) is 28.1 Å². The van der Waals surface area contributed by atoms with Crippen molar-refractivity contribution >= 4 is 10.9 Å². The lowest BCUT2D eigenvalue weighted by Crippen LogP contribution is -2.36. The fraction of sp³-hybridized carbons (Fsp3) is 0.273. The third-order valence-corrected chi connectivity index (χ3v) is 5.76. The Balaban J connectivity index is 1.52. The molecule has 0 saturated heterocycles. The van der Waals surface area contributed by atoms with Crippen molar-refractivity contribution < 1.29 is 18.3 Å². The van der Waals surface area contributed by atoms with Gasteiger partial charge in [-0.15, -0.1) is 0 Å². The number of hydrogen-bond donors (Lipinski definition) is 2. The first-order valence-corrected chi connectivity index (χ1v) is 10.1. The van der Waals surface area contributed by atoms with Gasteiger partial charge in [-0.05, 0) is 43.0 Å². The molecule has 0 aliphatic heterocycles. The average Bonchev–Trinajstić information content (AvgIpc) is 3.19. The zero-order valence-electron chi connectivity index (χ0n) is 16.7. The summed E-state index contributed by atoms with van der Waals surface area (Å²) in [5.74, 6) is 0.0222. The quantitative estimate of drug-likeness (QED) is 0.502. The Bertz CT molecular complexity index is 1280. The standard InChI is InChI=1S/C22H19F3N6O/c23-22(24,25)19-6-7-27-21(30-19)31-18-10-12(4-5-13(18)11-28-31)16-2-1-3-17(29-16)20(26)14-8-15(32)9-14/h1-7,10-11,14-15,20,32H,8-9,26H2/t14?,15?,20-/m0/s1. The third-order valence-electron chi connectivity index (χ3n) is 5.76. The monoisotopic (exact) mass is 440 g/mol. The molecule has 10 heteroatoms. The fourth-order valence-corrected chi connectivity index (χ4v) is 3.91. The minimum atomic E-state index is -4.58. The molecule has 5 rings (SSSR count). The van der Waals surface area contributed by atoms with Gasteiger partial charge in [-0.1, -0.05) is 18.2 Å². The topological polar surface area (TPSA) is 103 Å². The molecule has 0 spiro atoms. The van der Waals surface area contributed by atoms with Gasteiger partial charge in [0.2, 0.25) is 0 Å². The molecule has 1 aliphatic carbocycles. The summed E-state index contributed by atoms with van der Waals surface area (Å²) in [6, 6.07) is 11.6. The van der Waals surface area contributed by atoms with Crippen molar-refractivity contribution in [3.63, 3.8) is 0 Å². The number of rotatable bonds is 4. The highest BCUT2D eigenvalue weighted by atomic mass is 19.4. The van der Waals surface area contributed by atoms with E-state index in [-0.39, 0.29) is 24.0 Å². The second-order valence-electron chi connectivity index (χ2n) is 7.93. The average molecular weight is 440 g/mol. The molecule has 1 aromatic carbocycles. The van der Waals surface area contributed by atoms with Crippen LogP contribution < -0.4 is 5.73 Å². The highest BCUT2D eigenvalue weighted by molar-refractivity contribution is 5.84. The molecule has 164 valence electrons. The van der Waals surface area contributed by atoms with Crippen molar-refractivity contribution in [3.8, 4) is 17.2 Å². The molecule has 0 bridgehead atoms. The van der Waals surface area contributed by atoms with Gasteiger partial charge in [0.05, 0.1) is 35.2 Å². The van der Waals surface area contributed by atoms with Crippen LogP contribution in [-0.2, 0) is 6.18 Å². The van der Waals surface area contributed by atoms with Crippen molar-refractivity contribution in [2.24, 2.45) is 11.7 Å². The Hall–Kier alpha value is -3.37. The number of aromatic nitrogens is 5. The van der Waals surface area contributed by atoms with Crippen LogP contribution in [0, 0.1) is 5.92 Å². The van der Waals surface area contributed by atoms with E-state index in [4.69, 9.17) is 10.7 Å². The van der Waals surface area contributed by atoms with Crippen molar-refractivity contribution in [3.05, 3.63) is 66.2 Å². The number of alkyl halides is 3. The summed E-state index contributed by atoms with van der Waals surface area (Å²) in [5.41, 5.74) is 8.02. The number of halogens is 3. The largest absolute Gasteiger partial charge is 0.433 e. The lowest BCUT2D eigenvalue weighted by molar-refractivity contribution is -0.141. The first-order chi connectivity index (χ1) is 15.3. The Morgan fingerprint density at radius 1 is 1.09 bits per heavy atom. The van der Waals surface area contributed by atoms with Crippen molar-refractivity contribution in [1.82, 2.24) is 24.7 Å². The van der Waals surface area contributed by atoms with E-state index in [1.54, 1.807) is 12.3 Å². The van der Waals surface area contributed by atoms with Crippen LogP contribution in [0.5, 0.6) is 0 Å². The molecule has 0 amide bonds. The molecule has 3 heterocycles. The normalized spacial score (nSPS) is 19.7. The summed E-state index contributed by atoms with van der Waals surface area (Å²) in [6.45, 7) is 0. The van der Waals surface area contributed by atoms with Crippen LogP contribution in [0.15, 0.2) is 54.9 Å². The van der Waals surface area contributed by atoms with E-state index < -0.39 is 11.9 Å². The van der Waals surface area contributed by atoms with E-state index in [9.17, 15) is 18.3 Å². The second-order valence-corrected chi connectivity index (χ2v) is 7.93. The van der Waals surface area contributed by atoms with E-state index in [2.05, 4.69) is 15.1 Å². The maximum absolute atomic E-state index is 13.1. The lowest BCUT2D eigenvalue weighted by atomic mass is 9.76. The molecule has 1 atom stereocenters. The van der Waals surface area contributed by atoms with Gasteiger partial charge in [0, 0.05) is 17.1 Å². The minimum Gasteiger partial charge on any atom is -0.393 e. The molecular weight excluding hydrogens is 421 g/mol. The van der Waals surface area contributed by atoms with Crippen LogP contribution >= 0.6 is 0 Å². The van der Waals surface area contributed by atoms with Crippen LogP contribution in [0.1, 0.15) is 30.3 Å². The smallest absolute Gasteiger partial charge is 0.393 e. The van der Waals surface area contributed by atoms with Crippen LogP contribution in [0.2, 0.25) is 0 Å². The predicted molar refractivity (Wildman–Crippen MR) is 111 cm³/mol. The molecule has 4 aromatic rings. The Labute approximate surface area is 180 Å². The number of pyridine rings is 1. The zero-order chi connectivity index (χ0) is 22.5. The van der Waals surface area contributed by atoms with Gasteiger partial charge in [-0.2, -0.15) is 23.0 Å². The predicted octanol–water partition coefficient (Wildman–Crippen LogP) is 3.67. The second kappa shape index (κ2) is 7.64. The number of aliphatic hydroxyl groups excluding tert-OH is 1. The molecule has 1 aliphatic rings. The van der Waals surface area contributed by atoms with E-state index in [0.717, 1.165) is 28.9 Å². The summed E-state index contributed by atoms with van der Waals surface area (Å²) < 4.78 is 40.5. The van der Waals surface area contributed by atoms with E-state index in [1.807, 2.05) is 30.3 Å². The first kappa shape index (κ1) is 20.5. The summed E-state index contributed by atoms with van der Waals surface area (Å²) in [5, 5.41) is 14.5.